The van der Waals surface area contributed by atoms with Crippen LogP contribution in [0.4, 0.5) is 0 Å². The van der Waals surface area contributed by atoms with Crippen molar-refractivity contribution in [2.45, 2.75) is 37.8 Å². The van der Waals surface area contributed by atoms with Gasteiger partial charge in [-0.05, 0) is 56.5 Å². The molecule has 0 saturated carbocycles. The van der Waals surface area contributed by atoms with Gasteiger partial charge in [-0.15, -0.1) is 0 Å². The Morgan fingerprint density at radius 1 is 1.39 bits per heavy atom. The van der Waals surface area contributed by atoms with Crippen molar-refractivity contribution in [3.05, 3.63) is 29.8 Å². The quantitative estimate of drug-likeness (QED) is 0.873. The minimum Gasteiger partial charge on any atom is -0.497 e. The largest absolute Gasteiger partial charge is 0.497 e. The smallest absolute Gasteiger partial charge is 0.249 e. The van der Waals surface area contributed by atoms with Crippen molar-refractivity contribution < 1.29 is 14.3 Å². The number of hydrogen-bond donors (Lipinski definition) is 1. The molecule has 126 valence electrons. The fourth-order valence-electron chi connectivity index (χ4n) is 3.46. The maximum absolute atomic E-state index is 12.2. The van der Waals surface area contributed by atoms with Gasteiger partial charge in [0.1, 0.15) is 11.9 Å². The van der Waals surface area contributed by atoms with Crippen molar-refractivity contribution >= 4 is 5.91 Å². The molecular formula is C18H26N2O3. The van der Waals surface area contributed by atoms with Crippen molar-refractivity contribution in [3.63, 3.8) is 0 Å². The van der Waals surface area contributed by atoms with Crippen molar-refractivity contribution in [1.82, 2.24) is 10.2 Å². The first-order valence-electron chi connectivity index (χ1n) is 8.55. The number of carbonyl (C=O) groups is 1. The molecule has 1 N–H and O–H groups in total. The summed E-state index contributed by atoms with van der Waals surface area (Å²) in [6.07, 6.45) is 3.99. The average Bonchev–Trinajstić information content (AvgIpc) is 3.29. The monoisotopic (exact) mass is 318 g/mol. The van der Waals surface area contributed by atoms with Crippen LogP contribution in [0, 0.1) is 0 Å². The zero-order valence-corrected chi connectivity index (χ0v) is 13.8. The number of benzene rings is 1. The minimum absolute atomic E-state index is 0.0228. The third-order valence-electron chi connectivity index (χ3n) is 4.75. The lowest BCUT2D eigenvalue weighted by Crippen LogP contribution is -2.40. The molecule has 2 aliphatic rings. The van der Waals surface area contributed by atoms with Crippen molar-refractivity contribution in [2.75, 3.05) is 33.4 Å². The Balaban J connectivity index is 1.68. The Labute approximate surface area is 137 Å². The molecule has 0 spiro atoms. The highest BCUT2D eigenvalue weighted by molar-refractivity contribution is 5.81. The van der Waals surface area contributed by atoms with Gasteiger partial charge < -0.3 is 14.8 Å². The minimum atomic E-state index is -0.264. The second-order valence-electron chi connectivity index (χ2n) is 6.28. The van der Waals surface area contributed by atoms with Gasteiger partial charge in [0.2, 0.25) is 5.91 Å². The molecule has 1 aromatic carbocycles. The van der Waals surface area contributed by atoms with E-state index in [1.165, 1.54) is 18.4 Å². The van der Waals surface area contributed by atoms with Gasteiger partial charge in [-0.25, -0.2) is 0 Å². The van der Waals surface area contributed by atoms with Crippen molar-refractivity contribution in [1.29, 1.82) is 0 Å². The first-order chi connectivity index (χ1) is 11.3. The highest BCUT2D eigenvalue weighted by atomic mass is 16.5. The number of carbonyl (C=O) groups excluding carboxylic acids is 1. The predicted octanol–water partition coefficient (Wildman–Crippen LogP) is 2.13. The van der Waals surface area contributed by atoms with Gasteiger partial charge in [0, 0.05) is 13.2 Å². The van der Waals surface area contributed by atoms with Crippen LogP contribution in [0.25, 0.3) is 0 Å². The molecule has 0 aromatic heterocycles. The van der Waals surface area contributed by atoms with Crippen LogP contribution >= 0.6 is 0 Å². The molecule has 0 radical (unpaired) electrons. The average molecular weight is 318 g/mol. The van der Waals surface area contributed by atoms with E-state index >= 15 is 0 Å². The molecule has 2 atom stereocenters. The Hall–Kier alpha value is -1.59. The summed E-state index contributed by atoms with van der Waals surface area (Å²) in [7, 11) is 1.68. The number of amides is 1. The molecule has 5 nitrogen and oxygen atoms in total. The SMILES string of the molecule is COc1cccc(C(CNC(=O)C2CCCO2)N2CCCC2)c1. The molecule has 1 aromatic rings. The summed E-state index contributed by atoms with van der Waals surface area (Å²) in [4.78, 5) is 14.7. The first kappa shape index (κ1) is 16.3. The van der Waals surface area contributed by atoms with Gasteiger partial charge in [-0.3, -0.25) is 9.69 Å². The van der Waals surface area contributed by atoms with Crippen LogP contribution in [0.1, 0.15) is 37.3 Å². The highest BCUT2D eigenvalue weighted by Gasteiger charge is 2.27. The van der Waals surface area contributed by atoms with Crippen LogP contribution in [0.5, 0.6) is 5.75 Å². The first-order valence-corrected chi connectivity index (χ1v) is 8.55. The van der Waals surface area contributed by atoms with E-state index in [1.807, 2.05) is 12.1 Å². The zero-order chi connectivity index (χ0) is 16.1. The van der Waals surface area contributed by atoms with E-state index in [1.54, 1.807) is 7.11 Å². The summed E-state index contributed by atoms with van der Waals surface area (Å²) in [5.74, 6) is 0.881. The van der Waals surface area contributed by atoms with Crippen LogP contribution in [-0.4, -0.2) is 50.3 Å². The standard InChI is InChI=1S/C18H26N2O3/c1-22-15-7-4-6-14(12-15)16(20-9-2-3-10-20)13-19-18(21)17-8-5-11-23-17/h4,6-7,12,16-17H,2-3,5,8-11,13H2,1H3,(H,19,21). The second-order valence-corrected chi connectivity index (χ2v) is 6.28. The van der Waals surface area contributed by atoms with E-state index < -0.39 is 0 Å². The van der Waals surface area contributed by atoms with Gasteiger partial charge in [0.25, 0.3) is 0 Å². The number of rotatable bonds is 6. The molecule has 0 bridgehead atoms. The third-order valence-corrected chi connectivity index (χ3v) is 4.75. The molecule has 3 rings (SSSR count). The number of ether oxygens (including phenoxy) is 2. The Morgan fingerprint density at radius 2 is 2.22 bits per heavy atom. The van der Waals surface area contributed by atoms with E-state index in [0.717, 1.165) is 31.7 Å². The second kappa shape index (κ2) is 7.79. The lowest BCUT2D eigenvalue weighted by Gasteiger charge is -2.28. The summed E-state index contributed by atoms with van der Waals surface area (Å²) >= 11 is 0. The van der Waals surface area contributed by atoms with Gasteiger partial charge in [0.05, 0.1) is 13.2 Å². The molecule has 2 fully saturated rings. The van der Waals surface area contributed by atoms with Crippen LogP contribution in [0.15, 0.2) is 24.3 Å². The van der Waals surface area contributed by atoms with Crippen LogP contribution in [-0.2, 0) is 9.53 Å². The topological polar surface area (TPSA) is 50.8 Å². The fourth-order valence-corrected chi connectivity index (χ4v) is 3.46. The van der Waals surface area contributed by atoms with Crippen molar-refractivity contribution in [2.24, 2.45) is 0 Å². The van der Waals surface area contributed by atoms with Gasteiger partial charge in [-0.2, -0.15) is 0 Å². The van der Waals surface area contributed by atoms with Crippen molar-refractivity contribution in [3.8, 4) is 5.75 Å². The lowest BCUT2D eigenvalue weighted by atomic mass is 10.0. The number of hydrogen-bond acceptors (Lipinski definition) is 4. The normalized spacial score (nSPS) is 22.9. The molecule has 2 saturated heterocycles. The van der Waals surface area contributed by atoms with E-state index in [0.29, 0.717) is 13.2 Å². The number of nitrogens with zero attached hydrogens (tertiary/aromatic N) is 1. The molecule has 5 heteroatoms. The van der Waals surface area contributed by atoms with Crippen LogP contribution in [0.3, 0.4) is 0 Å². The lowest BCUT2D eigenvalue weighted by molar-refractivity contribution is -0.130. The van der Waals surface area contributed by atoms with E-state index in [2.05, 4.69) is 22.3 Å². The molecular weight excluding hydrogens is 292 g/mol. The van der Waals surface area contributed by atoms with Gasteiger partial charge in [-0.1, -0.05) is 12.1 Å². The Morgan fingerprint density at radius 3 is 2.91 bits per heavy atom. The number of likely N-dealkylation sites (tertiary alicyclic amines) is 1. The Bertz CT molecular complexity index is 523. The molecule has 2 aliphatic heterocycles. The summed E-state index contributed by atoms with van der Waals surface area (Å²) in [5, 5.41) is 3.09. The van der Waals surface area contributed by atoms with Gasteiger partial charge in [0.15, 0.2) is 0 Å². The van der Waals surface area contributed by atoms with E-state index in [4.69, 9.17) is 9.47 Å². The van der Waals surface area contributed by atoms with Crippen LogP contribution < -0.4 is 10.1 Å². The molecule has 1 amide bonds. The summed E-state index contributed by atoms with van der Waals surface area (Å²) < 4.78 is 10.8. The van der Waals surface area contributed by atoms with E-state index in [-0.39, 0.29) is 18.1 Å². The summed E-state index contributed by atoms with van der Waals surface area (Å²) in [5.41, 5.74) is 1.19. The fraction of sp³-hybridized carbons (Fsp3) is 0.611. The molecule has 2 heterocycles. The number of nitrogens with one attached hydrogen (secondary N) is 1. The number of methoxy groups -OCH3 is 1. The van der Waals surface area contributed by atoms with Crippen LogP contribution in [0.2, 0.25) is 0 Å². The summed E-state index contributed by atoms with van der Waals surface area (Å²) in [6, 6.07) is 8.34. The van der Waals surface area contributed by atoms with E-state index in [9.17, 15) is 4.79 Å². The molecule has 0 aliphatic carbocycles. The molecule has 23 heavy (non-hydrogen) atoms. The predicted molar refractivity (Wildman–Crippen MR) is 88.5 cm³/mol. The Kier molecular flexibility index (Phi) is 5.51. The highest BCUT2D eigenvalue weighted by Crippen LogP contribution is 2.27. The maximum atomic E-state index is 12.2. The third kappa shape index (κ3) is 4.03. The zero-order valence-electron chi connectivity index (χ0n) is 13.8. The molecule has 2 unspecified atom stereocenters. The van der Waals surface area contributed by atoms with Gasteiger partial charge >= 0.3 is 0 Å². The summed E-state index contributed by atoms with van der Waals surface area (Å²) in [6.45, 7) is 3.48. The maximum Gasteiger partial charge on any atom is 0.249 e.